The standard InChI is InChI=1S/C10H21N/c1-6-7-10(4,5)8(2)9(3)11/h8H,3,6-7,11H2,1-2,4-5H3/t8-/m1/s1. The smallest absolute Gasteiger partial charge is 0.00416 e. The van der Waals surface area contributed by atoms with Gasteiger partial charge in [0, 0.05) is 11.6 Å². The van der Waals surface area contributed by atoms with Gasteiger partial charge in [-0.3, -0.25) is 0 Å². The normalized spacial score (nSPS) is 14.5. The molecular formula is C10H21N. The molecule has 0 rings (SSSR count). The first kappa shape index (κ1) is 10.5. The van der Waals surface area contributed by atoms with Crippen LogP contribution in [0.15, 0.2) is 12.3 Å². The maximum absolute atomic E-state index is 5.66. The number of rotatable bonds is 4. The van der Waals surface area contributed by atoms with Gasteiger partial charge in [0.1, 0.15) is 0 Å². The average Bonchev–Trinajstić information content (AvgIpc) is 1.86. The lowest BCUT2D eigenvalue weighted by atomic mass is 9.75. The van der Waals surface area contributed by atoms with E-state index < -0.39 is 0 Å². The lowest BCUT2D eigenvalue weighted by Crippen LogP contribution is -2.25. The Morgan fingerprint density at radius 1 is 1.55 bits per heavy atom. The van der Waals surface area contributed by atoms with Crippen LogP contribution >= 0.6 is 0 Å². The predicted octanol–water partition coefficient (Wildman–Crippen LogP) is 2.92. The summed E-state index contributed by atoms with van der Waals surface area (Å²) in [7, 11) is 0. The zero-order chi connectivity index (χ0) is 9.07. The molecule has 0 heterocycles. The van der Waals surface area contributed by atoms with Crippen molar-refractivity contribution in [1.29, 1.82) is 0 Å². The highest BCUT2D eigenvalue weighted by Gasteiger charge is 2.25. The summed E-state index contributed by atoms with van der Waals surface area (Å²) in [5.74, 6) is 0.419. The van der Waals surface area contributed by atoms with Gasteiger partial charge in [-0.1, -0.05) is 40.7 Å². The van der Waals surface area contributed by atoms with Crippen molar-refractivity contribution < 1.29 is 0 Å². The van der Waals surface area contributed by atoms with Gasteiger partial charge in [0.15, 0.2) is 0 Å². The molecule has 1 atom stereocenters. The molecule has 0 aliphatic rings. The molecule has 0 saturated heterocycles. The molecule has 2 N–H and O–H groups in total. The molecular weight excluding hydrogens is 134 g/mol. The predicted molar refractivity (Wildman–Crippen MR) is 51.2 cm³/mol. The van der Waals surface area contributed by atoms with E-state index in [9.17, 15) is 0 Å². The second-order valence-corrected chi connectivity index (χ2v) is 4.04. The molecule has 0 aliphatic heterocycles. The molecule has 0 radical (unpaired) electrons. The van der Waals surface area contributed by atoms with Crippen molar-refractivity contribution in [3.63, 3.8) is 0 Å². The molecule has 0 aromatic rings. The first-order chi connectivity index (χ1) is 4.91. The van der Waals surface area contributed by atoms with E-state index in [1.807, 2.05) is 0 Å². The Labute approximate surface area is 70.7 Å². The van der Waals surface area contributed by atoms with Crippen LogP contribution in [0.4, 0.5) is 0 Å². The molecule has 0 aromatic heterocycles. The van der Waals surface area contributed by atoms with Crippen molar-refractivity contribution in [3.8, 4) is 0 Å². The number of nitrogens with two attached hydrogens (primary N) is 1. The van der Waals surface area contributed by atoms with Crippen LogP contribution in [0, 0.1) is 11.3 Å². The summed E-state index contributed by atoms with van der Waals surface area (Å²) in [5.41, 5.74) is 6.77. The minimum atomic E-state index is 0.306. The molecule has 0 bridgehead atoms. The van der Waals surface area contributed by atoms with Gasteiger partial charge in [0.05, 0.1) is 0 Å². The summed E-state index contributed by atoms with van der Waals surface area (Å²) in [6.07, 6.45) is 2.43. The Morgan fingerprint density at radius 3 is 2.27 bits per heavy atom. The van der Waals surface area contributed by atoms with Crippen molar-refractivity contribution in [2.24, 2.45) is 17.1 Å². The van der Waals surface area contributed by atoms with Crippen molar-refractivity contribution in [2.45, 2.75) is 40.5 Å². The van der Waals surface area contributed by atoms with Crippen molar-refractivity contribution >= 4 is 0 Å². The molecule has 0 amide bonds. The van der Waals surface area contributed by atoms with Crippen LogP contribution in [0.3, 0.4) is 0 Å². The van der Waals surface area contributed by atoms with E-state index in [2.05, 4.69) is 34.3 Å². The van der Waals surface area contributed by atoms with Gasteiger partial charge in [-0.2, -0.15) is 0 Å². The van der Waals surface area contributed by atoms with Gasteiger partial charge in [0.25, 0.3) is 0 Å². The lowest BCUT2D eigenvalue weighted by Gasteiger charge is -2.31. The van der Waals surface area contributed by atoms with Gasteiger partial charge >= 0.3 is 0 Å². The Hall–Kier alpha value is -0.460. The molecule has 1 heteroatoms. The highest BCUT2D eigenvalue weighted by molar-refractivity contribution is 4.98. The Kier molecular flexibility index (Phi) is 3.64. The lowest BCUT2D eigenvalue weighted by molar-refractivity contribution is 0.240. The Morgan fingerprint density at radius 2 is 2.00 bits per heavy atom. The zero-order valence-corrected chi connectivity index (χ0v) is 8.28. The third kappa shape index (κ3) is 2.96. The zero-order valence-electron chi connectivity index (χ0n) is 8.28. The maximum Gasteiger partial charge on any atom is 0.00416 e. The Balaban J connectivity index is 4.16. The average molecular weight is 155 g/mol. The van der Waals surface area contributed by atoms with E-state index in [-0.39, 0.29) is 0 Å². The van der Waals surface area contributed by atoms with Crippen LogP contribution in [0.25, 0.3) is 0 Å². The molecule has 0 aliphatic carbocycles. The number of hydrogen-bond acceptors (Lipinski definition) is 1. The third-order valence-electron chi connectivity index (χ3n) is 2.62. The SMILES string of the molecule is C=C(N)[C@@H](C)C(C)(C)CCC. The van der Waals surface area contributed by atoms with E-state index in [1.54, 1.807) is 0 Å². The summed E-state index contributed by atoms with van der Waals surface area (Å²) in [6, 6.07) is 0. The second kappa shape index (κ2) is 3.80. The second-order valence-electron chi connectivity index (χ2n) is 4.04. The van der Waals surface area contributed by atoms with Gasteiger partial charge in [-0.25, -0.2) is 0 Å². The van der Waals surface area contributed by atoms with Crippen LogP contribution in [-0.4, -0.2) is 0 Å². The molecule has 1 nitrogen and oxygen atoms in total. The van der Waals surface area contributed by atoms with Crippen LogP contribution in [0.2, 0.25) is 0 Å². The Bertz CT molecular complexity index is 136. The molecule has 0 unspecified atom stereocenters. The molecule has 66 valence electrons. The van der Waals surface area contributed by atoms with E-state index in [1.165, 1.54) is 12.8 Å². The quantitative estimate of drug-likeness (QED) is 0.663. The van der Waals surface area contributed by atoms with E-state index in [4.69, 9.17) is 5.73 Å². The van der Waals surface area contributed by atoms with Crippen LogP contribution in [0.5, 0.6) is 0 Å². The number of hydrogen-bond donors (Lipinski definition) is 1. The van der Waals surface area contributed by atoms with Crippen molar-refractivity contribution in [3.05, 3.63) is 12.3 Å². The van der Waals surface area contributed by atoms with Gasteiger partial charge in [-0.05, 0) is 11.8 Å². The first-order valence-corrected chi connectivity index (χ1v) is 4.36. The van der Waals surface area contributed by atoms with E-state index in [0.717, 1.165) is 5.70 Å². The van der Waals surface area contributed by atoms with Gasteiger partial charge in [-0.15, -0.1) is 0 Å². The maximum atomic E-state index is 5.66. The highest BCUT2D eigenvalue weighted by Crippen LogP contribution is 2.33. The fraction of sp³-hybridized carbons (Fsp3) is 0.800. The minimum Gasteiger partial charge on any atom is -0.402 e. The van der Waals surface area contributed by atoms with E-state index >= 15 is 0 Å². The largest absolute Gasteiger partial charge is 0.402 e. The summed E-state index contributed by atoms with van der Waals surface area (Å²) in [5, 5.41) is 0. The molecule has 0 aromatic carbocycles. The summed E-state index contributed by atoms with van der Waals surface area (Å²) in [4.78, 5) is 0. The minimum absolute atomic E-state index is 0.306. The third-order valence-corrected chi connectivity index (χ3v) is 2.62. The van der Waals surface area contributed by atoms with Crippen molar-refractivity contribution in [1.82, 2.24) is 0 Å². The first-order valence-electron chi connectivity index (χ1n) is 4.36. The molecule has 0 spiro atoms. The summed E-state index contributed by atoms with van der Waals surface area (Å²) >= 11 is 0. The van der Waals surface area contributed by atoms with Crippen molar-refractivity contribution in [2.75, 3.05) is 0 Å². The monoisotopic (exact) mass is 155 g/mol. The van der Waals surface area contributed by atoms with Crippen LogP contribution < -0.4 is 5.73 Å². The van der Waals surface area contributed by atoms with Crippen LogP contribution in [0.1, 0.15) is 40.5 Å². The summed E-state index contributed by atoms with van der Waals surface area (Å²) < 4.78 is 0. The van der Waals surface area contributed by atoms with E-state index in [0.29, 0.717) is 11.3 Å². The van der Waals surface area contributed by atoms with Crippen LogP contribution in [-0.2, 0) is 0 Å². The van der Waals surface area contributed by atoms with Gasteiger partial charge in [0.2, 0.25) is 0 Å². The number of allylic oxidation sites excluding steroid dienone is 1. The summed E-state index contributed by atoms with van der Waals surface area (Å²) in [6.45, 7) is 12.6. The molecule has 0 fully saturated rings. The highest BCUT2D eigenvalue weighted by atomic mass is 14.6. The topological polar surface area (TPSA) is 26.0 Å². The molecule has 11 heavy (non-hydrogen) atoms. The molecule has 0 saturated carbocycles. The fourth-order valence-electron chi connectivity index (χ4n) is 1.36. The fourth-order valence-corrected chi connectivity index (χ4v) is 1.36. The van der Waals surface area contributed by atoms with Gasteiger partial charge < -0.3 is 5.73 Å².